The molecule has 75 valence electrons. The molecule has 0 unspecified atom stereocenters. The van der Waals surface area contributed by atoms with Gasteiger partial charge < -0.3 is 4.18 Å². The van der Waals surface area contributed by atoms with E-state index >= 15 is 0 Å². The summed E-state index contributed by atoms with van der Waals surface area (Å²) in [6.45, 7) is 0. The second kappa shape index (κ2) is 3.64. The van der Waals surface area contributed by atoms with Crippen molar-refractivity contribution in [2.45, 2.75) is 0 Å². The zero-order valence-corrected chi connectivity index (χ0v) is 7.61. The summed E-state index contributed by atoms with van der Waals surface area (Å²) in [5, 5.41) is 0. The molecule has 0 atom stereocenters. The highest BCUT2D eigenvalue weighted by Crippen LogP contribution is 2.18. The summed E-state index contributed by atoms with van der Waals surface area (Å²) in [5.41, 5.74) is 6.54. The van der Waals surface area contributed by atoms with Gasteiger partial charge in [-0.1, -0.05) is 12.1 Å². The van der Waals surface area contributed by atoms with Crippen LogP contribution in [0.25, 0.3) is 0 Å². The normalized spacial score (nSPS) is 10.9. The number of nitrogens with one attached hydrogen (secondary N) is 1. The molecule has 1 aromatic carbocycles. The highest BCUT2D eigenvalue weighted by atomic mass is 32.3. The largest absolute Gasteiger partial charge is 0.446 e. The topological polar surface area (TPSA) is 104 Å². The molecule has 14 heavy (non-hydrogen) atoms. The van der Waals surface area contributed by atoms with Crippen LogP contribution in [0.2, 0.25) is 0 Å². The quantitative estimate of drug-likeness (QED) is 0.731. The van der Waals surface area contributed by atoms with Gasteiger partial charge in [-0.15, -0.1) is 0 Å². The number of benzene rings is 1. The molecule has 0 aliphatic rings. The third-order valence-electron chi connectivity index (χ3n) is 1.33. The van der Waals surface area contributed by atoms with Crippen LogP contribution in [-0.4, -0.2) is 18.9 Å². The average Bonchev–Trinajstić information content (AvgIpc) is 2.01. The van der Waals surface area contributed by atoms with Gasteiger partial charge >= 0.3 is 10.4 Å². The molecule has 0 heterocycles. The first-order valence-electron chi connectivity index (χ1n) is 3.42. The minimum absolute atomic E-state index is 0.231. The van der Waals surface area contributed by atoms with E-state index < -0.39 is 16.3 Å². The summed E-state index contributed by atoms with van der Waals surface area (Å²) in [6.07, 6.45) is 0. The molecule has 1 amide bonds. The molecule has 0 saturated carbocycles. The highest BCUT2D eigenvalue weighted by molar-refractivity contribution is 7.81. The van der Waals surface area contributed by atoms with Crippen molar-refractivity contribution in [3.8, 4) is 5.75 Å². The number of hydrogen-bond donors (Lipinski definition) is 1. The van der Waals surface area contributed by atoms with Gasteiger partial charge in [0.2, 0.25) is 0 Å². The number of amides is 1. The van der Waals surface area contributed by atoms with E-state index in [1.165, 1.54) is 18.2 Å². The number of para-hydroxylation sites is 1. The Labute approximate surface area is 80.2 Å². The minimum Gasteiger partial charge on any atom is -0.361 e. The van der Waals surface area contributed by atoms with E-state index in [1.807, 2.05) is 0 Å². The zero-order valence-electron chi connectivity index (χ0n) is 6.80. The van der Waals surface area contributed by atoms with Gasteiger partial charge in [0.25, 0.3) is 5.91 Å². The van der Waals surface area contributed by atoms with Crippen molar-refractivity contribution in [3.05, 3.63) is 29.8 Å². The van der Waals surface area contributed by atoms with Crippen molar-refractivity contribution in [3.63, 3.8) is 0 Å². The van der Waals surface area contributed by atoms with Crippen LogP contribution in [0.3, 0.4) is 0 Å². The Balaban J connectivity index is 3.15. The minimum atomic E-state index is -4.67. The second-order valence-corrected chi connectivity index (χ2v) is 3.36. The molecular weight excluding hydrogens is 210 g/mol. The zero-order chi connectivity index (χ0) is 10.8. The molecule has 2 N–H and O–H groups in total. The molecule has 0 aromatic heterocycles. The van der Waals surface area contributed by atoms with Crippen molar-refractivity contribution < 1.29 is 21.9 Å². The van der Waals surface area contributed by atoms with Gasteiger partial charge in [0.15, 0.2) is 5.75 Å². The van der Waals surface area contributed by atoms with Crippen molar-refractivity contribution >= 4 is 16.3 Å². The predicted molar refractivity (Wildman–Crippen MR) is 46.0 cm³/mol. The first-order chi connectivity index (χ1) is 6.40. The van der Waals surface area contributed by atoms with Gasteiger partial charge in [-0.05, 0) is 12.1 Å². The Morgan fingerprint density at radius 1 is 1.36 bits per heavy atom. The Bertz CT molecular complexity index is 453. The maximum Gasteiger partial charge on any atom is 0.446 e. The summed E-state index contributed by atoms with van der Waals surface area (Å²) >= 11 is 0. The van der Waals surface area contributed by atoms with Crippen molar-refractivity contribution in [1.82, 2.24) is 5.73 Å². The Morgan fingerprint density at radius 2 is 1.93 bits per heavy atom. The van der Waals surface area contributed by atoms with E-state index in [9.17, 15) is 13.2 Å². The van der Waals surface area contributed by atoms with Crippen molar-refractivity contribution in [2.75, 3.05) is 0 Å². The fourth-order valence-corrected chi connectivity index (χ4v) is 1.21. The van der Waals surface area contributed by atoms with Gasteiger partial charge in [-0.2, -0.15) is 8.42 Å². The van der Waals surface area contributed by atoms with E-state index in [0.717, 1.165) is 6.07 Å². The van der Waals surface area contributed by atoms with Crippen LogP contribution in [0.15, 0.2) is 24.3 Å². The lowest BCUT2D eigenvalue weighted by molar-refractivity contribution is 0.0990. The number of rotatable bonds is 3. The monoisotopic (exact) mass is 216 g/mol. The fraction of sp³-hybridized carbons (Fsp3) is 0. The van der Waals surface area contributed by atoms with Crippen LogP contribution in [0.4, 0.5) is 0 Å². The Morgan fingerprint density at radius 3 is 2.43 bits per heavy atom. The third kappa shape index (κ3) is 2.71. The van der Waals surface area contributed by atoms with Crippen LogP contribution < -0.4 is 9.92 Å². The van der Waals surface area contributed by atoms with Gasteiger partial charge in [0.05, 0.1) is 5.56 Å². The van der Waals surface area contributed by atoms with Crippen LogP contribution in [-0.2, 0) is 10.4 Å². The van der Waals surface area contributed by atoms with Gasteiger partial charge in [0, 0.05) is 0 Å². The second-order valence-electron chi connectivity index (χ2n) is 2.34. The maximum absolute atomic E-state index is 10.7. The molecule has 6 nitrogen and oxygen atoms in total. The Hall–Kier alpha value is -1.60. The molecule has 0 spiro atoms. The summed E-state index contributed by atoms with van der Waals surface area (Å²) < 4.78 is 33.1. The molecule has 1 aromatic rings. The number of hydrogen-bond acceptors (Lipinski definition) is 4. The van der Waals surface area contributed by atoms with Gasteiger partial charge in [-0.25, -0.2) is 0 Å². The summed E-state index contributed by atoms with van der Waals surface area (Å²) in [5.74, 6) is -1.46. The molecule has 0 fully saturated rings. The fourth-order valence-electron chi connectivity index (χ4n) is 0.840. The molecule has 0 saturated heterocycles. The average molecular weight is 216 g/mol. The molecule has 1 rings (SSSR count). The van der Waals surface area contributed by atoms with Crippen LogP contribution in [0.5, 0.6) is 5.75 Å². The van der Waals surface area contributed by atoms with Crippen LogP contribution >= 0.6 is 0 Å². The standard InChI is InChI=1S/C7H6NO5S/c8-7(9)5-3-1-2-4-6(5)13-14(10,11)12/h1-4,8H,(H,10,11,12). The molecule has 0 bridgehead atoms. The maximum atomic E-state index is 10.7. The predicted octanol–water partition coefficient (Wildman–Crippen LogP) is 0.291. The lowest BCUT2D eigenvalue weighted by Crippen LogP contribution is -2.10. The van der Waals surface area contributed by atoms with Gasteiger partial charge in [0.1, 0.15) is 0 Å². The lowest BCUT2D eigenvalue weighted by Gasteiger charge is -2.04. The van der Waals surface area contributed by atoms with Crippen molar-refractivity contribution in [2.24, 2.45) is 0 Å². The van der Waals surface area contributed by atoms with E-state index in [1.54, 1.807) is 0 Å². The third-order valence-corrected chi connectivity index (χ3v) is 1.72. The SMILES string of the molecule is [NH]C(=O)c1ccccc1OS(=O)(=O)O. The summed E-state index contributed by atoms with van der Waals surface area (Å²) in [6, 6.07) is 5.23. The summed E-state index contributed by atoms with van der Waals surface area (Å²) in [4.78, 5) is 10.7. The molecule has 0 aliphatic carbocycles. The molecule has 0 aliphatic heterocycles. The van der Waals surface area contributed by atoms with E-state index in [0.29, 0.717) is 0 Å². The van der Waals surface area contributed by atoms with Crippen LogP contribution in [0, 0.1) is 0 Å². The smallest absolute Gasteiger partial charge is 0.361 e. The van der Waals surface area contributed by atoms with E-state index in [4.69, 9.17) is 10.3 Å². The first kappa shape index (κ1) is 10.5. The van der Waals surface area contributed by atoms with Crippen molar-refractivity contribution in [1.29, 1.82) is 0 Å². The first-order valence-corrected chi connectivity index (χ1v) is 4.78. The number of carbonyl (C=O) groups excluding carboxylic acids is 1. The summed E-state index contributed by atoms with van der Waals surface area (Å²) in [7, 11) is -4.67. The number of carbonyl (C=O) groups is 1. The Kier molecular flexibility index (Phi) is 2.73. The van der Waals surface area contributed by atoms with Crippen LogP contribution in [0.1, 0.15) is 10.4 Å². The van der Waals surface area contributed by atoms with E-state index in [-0.39, 0.29) is 11.3 Å². The highest BCUT2D eigenvalue weighted by Gasteiger charge is 2.14. The van der Waals surface area contributed by atoms with Gasteiger partial charge in [-0.3, -0.25) is 15.1 Å². The lowest BCUT2D eigenvalue weighted by atomic mass is 10.2. The molecular formula is C7H6NO5S. The van der Waals surface area contributed by atoms with E-state index in [2.05, 4.69) is 4.18 Å². The molecule has 1 radical (unpaired) electrons. The molecule has 7 heteroatoms.